The van der Waals surface area contributed by atoms with Crippen LogP contribution in [0, 0.1) is 0 Å². The van der Waals surface area contributed by atoms with Crippen LogP contribution < -0.4 is 0 Å². The fourth-order valence-electron chi connectivity index (χ4n) is 1.09. The summed E-state index contributed by atoms with van der Waals surface area (Å²) in [5, 5.41) is 0. The molecule has 0 unspecified atom stereocenters. The van der Waals surface area contributed by atoms with Crippen molar-refractivity contribution in [1.82, 2.24) is 0 Å². The fraction of sp³-hybridized carbons (Fsp3) is 0.500. The van der Waals surface area contributed by atoms with Crippen molar-refractivity contribution >= 4 is 15.4 Å². The molecule has 0 heterocycles. The van der Waals surface area contributed by atoms with Gasteiger partial charge in [-0.2, -0.15) is 4.36 Å². The monoisotopic (exact) mass is 227 g/mol. The van der Waals surface area contributed by atoms with Crippen molar-refractivity contribution in [3.8, 4) is 0 Å². The van der Waals surface area contributed by atoms with Gasteiger partial charge in [-0.3, -0.25) is 0 Å². The molecule has 86 valence electrons. The van der Waals surface area contributed by atoms with Gasteiger partial charge in [0.05, 0.1) is 5.69 Å². The summed E-state index contributed by atoms with van der Waals surface area (Å²) in [6.45, 7) is 6.09. The fourth-order valence-corrected chi connectivity index (χ4v) is 1.71. The van der Waals surface area contributed by atoms with Crippen molar-refractivity contribution in [1.29, 1.82) is 0 Å². The van der Waals surface area contributed by atoms with Gasteiger partial charge in [-0.25, -0.2) is 4.21 Å². The minimum atomic E-state index is -2.03. The lowest BCUT2D eigenvalue weighted by Gasteiger charge is -1.99. The molecule has 0 saturated carbocycles. The first-order chi connectivity index (χ1) is 7.01. The average molecular weight is 227 g/mol. The average Bonchev–Trinajstić information content (AvgIpc) is 2.19. The second kappa shape index (κ2) is 6.62. The summed E-state index contributed by atoms with van der Waals surface area (Å²) in [4.78, 5) is 0. The molecule has 1 aromatic carbocycles. The van der Waals surface area contributed by atoms with Crippen LogP contribution in [0.4, 0.5) is 5.69 Å². The Hall–Kier alpha value is -0.830. The molecule has 15 heavy (non-hydrogen) atoms. The van der Waals surface area contributed by atoms with E-state index in [9.17, 15) is 4.21 Å². The minimum Gasteiger partial charge on any atom is -0.250 e. The Kier molecular flexibility index (Phi) is 6.25. The van der Waals surface area contributed by atoms with Gasteiger partial charge < -0.3 is 0 Å². The Morgan fingerprint density at radius 3 is 2.33 bits per heavy atom. The van der Waals surface area contributed by atoms with E-state index in [0.717, 1.165) is 12.1 Å². The second-order valence-corrected chi connectivity index (χ2v) is 5.84. The van der Waals surface area contributed by atoms with Crippen LogP contribution in [0.1, 0.15) is 26.3 Å². The van der Waals surface area contributed by atoms with Gasteiger partial charge in [0.25, 0.3) is 0 Å². The lowest BCUT2D eigenvalue weighted by atomic mass is 10.1. The first kappa shape index (κ1) is 14.2. The molecule has 0 bridgehead atoms. The summed E-state index contributed by atoms with van der Waals surface area (Å²) in [5.74, 6) is 0. The SMILES string of the molecule is CC.CCc1cccc(N=S(C)(C)=O)c1. The van der Waals surface area contributed by atoms with Crippen LogP contribution in [0.3, 0.4) is 0 Å². The summed E-state index contributed by atoms with van der Waals surface area (Å²) in [7, 11) is -2.03. The maximum absolute atomic E-state index is 11.4. The maximum atomic E-state index is 11.4. The zero-order valence-electron chi connectivity index (χ0n) is 10.3. The molecule has 0 saturated heterocycles. The predicted molar refractivity (Wildman–Crippen MR) is 69.2 cm³/mol. The van der Waals surface area contributed by atoms with E-state index in [0.29, 0.717) is 0 Å². The van der Waals surface area contributed by atoms with Gasteiger partial charge in [0.2, 0.25) is 0 Å². The quantitative estimate of drug-likeness (QED) is 0.758. The molecule has 3 heteroatoms. The molecule has 0 radical (unpaired) electrons. The minimum absolute atomic E-state index is 0.814. The number of aryl methyl sites for hydroxylation is 1. The van der Waals surface area contributed by atoms with Crippen LogP contribution in [0.2, 0.25) is 0 Å². The van der Waals surface area contributed by atoms with E-state index in [1.54, 1.807) is 12.5 Å². The van der Waals surface area contributed by atoms with E-state index in [1.165, 1.54) is 5.56 Å². The van der Waals surface area contributed by atoms with E-state index >= 15 is 0 Å². The van der Waals surface area contributed by atoms with E-state index in [1.807, 2.05) is 38.1 Å². The van der Waals surface area contributed by atoms with Gasteiger partial charge in [0, 0.05) is 22.2 Å². The van der Waals surface area contributed by atoms with Gasteiger partial charge in [0.15, 0.2) is 0 Å². The van der Waals surface area contributed by atoms with Crippen LogP contribution >= 0.6 is 0 Å². The Bertz CT molecular complexity index is 396. The zero-order chi connectivity index (χ0) is 11.9. The van der Waals surface area contributed by atoms with Crippen molar-refractivity contribution in [3.63, 3.8) is 0 Å². The number of nitrogens with zero attached hydrogens (tertiary/aromatic N) is 1. The maximum Gasteiger partial charge on any atom is 0.0732 e. The standard InChI is InChI=1S/C10H15NOS.C2H6/c1-4-9-6-5-7-10(8-9)11-13(2,3)12;1-2/h5-8H,4H2,1-3H3;1-2H3. The highest BCUT2D eigenvalue weighted by Crippen LogP contribution is 2.15. The third kappa shape index (κ3) is 6.28. The first-order valence-electron chi connectivity index (χ1n) is 5.27. The van der Waals surface area contributed by atoms with Crippen LogP contribution in [-0.4, -0.2) is 16.7 Å². The Balaban J connectivity index is 0.000000921. The Labute approximate surface area is 93.9 Å². The smallest absolute Gasteiger partial charge is 0.0732 e. The molecular formula is C12H21NOS. The molecule has 1 rings (SSSR count). The molecule has 0 aromatic heterocycles. The van der Waals surface area contributed by atoms with Crippen LogP contribution in [0.25, 0.3) is 0 Å². The number of hydrogen-bond donors (Lipinski definition) is 0. The van der Waals surface area contributed by atoms with E-state index in [2.05, 4.69) is 11.3 Å². The molecule has 0 spiro atoms. The molecule has 0 N–H and O–H groups in total. The summed E-state index contributed by atoms with van der Waals surface area (Å²) in [5.41, 5.74) is 2.04. The molecule has 0 aliphatic rings. The number of hydrogen-bond acceptors (Lipinski definition) is 2. The molecular weight excluding hydrogens is 206 g/mol. The summed E-state index contributed by atoms with van der Waals surface area (Å²) in [6, 6.07) is 7.85. The van der Waals surface area contributed by atoms with Crippen LogP contribution in [-0.2, 0) is 16.1 Å². The largest absolute Gasteiger partial charge is 0.250 e. The molecule has 0 atom stereocenters. The van der Waals surface area contributed by atoms with Crippen molar-refractivity contribution in [2.45, 2.75) is 27.2 Å². The summed E-state index contributed by atoms with van der Waals surface area (Å²) >= 11 is 0. The van der Waals surface area contributed by atoms with Gasteiger partial charge in [-0.05, 0) is 24.1 Å². The molecule has 1 aromatic rings. The predicted octanol–water partition coefficient (Wildman–Crippen LogP) is 3.63. The summed E-state index contributed by atoms with van der Waals surface area (Å²) in [6.07, 6.45) is 4.27. The van der Waals surface area contributed by atoms with Crippen molar-refractivity contribution in [3.05, 3.63) is 29.8 Å². The molecule has 0 aliphatic heterocycles. The van der Waals surface area contributed by atoms with E-state index < -0.39 is 9.73 Å². The van der Waals surface area contributed by atoms with Gasteiger partial charge in [-0.1, -0.05) is 32.9 Å². The van der Waals surface area contributed by atoms with E-state index in [4.69, 9.17) is 0 Å². The lowest BCUT2D eigenvalue weighted by molar-refractivity contribution is 0.684. The van der Waals surface area contributed by atoms with Gasteiger partial charge in [-0.15, -0.1) is 0 Å². The Morgan fingerprint density at radius 2 is 1.87 bits per heavy atom. The Morgan fingerprint density at radius 1 is 1.27 bits per heavy atom. The highest BCUT2D eigenvalue weighted by atomic mass is 32.2. The van der Waals surface area contributed by atoms with Crippen LogP contribution in [0.5, 0.6) is 0 Å². The van der Waals surface area contributed by atoms with Gasteiger partial charge in [0.1, 0.15) is 0 Å². The van der Waals surface area contributed by atoms with Crippen molar-refractivity contribution < 1.29 is 4.21 Å². The molecule has 0 aliphatic carbocycles. The second-order valence-electron chi connectivity index (χ2n) is 3.30. The van der Waals surface area contributed by atoms with E-state index in [-0.39, 0.29) is 0 Å². The lowest BCUT2D eigenvalue weighted by Crippen LogP contribution is -1.89. The van der Waals surface area contributed by atoms with Crippen LogP contribution in [0.15, 0.2) is 28.6 Å². The molecule has 2 nitrogen and oxygen atoms in total. The van der Waals surface area contributed by atoms with Crippen molar-refractivity contribution in [2.24, 2.45) is 4.36 Å². The third-order valence-electron chi connectivity index (χ3n) is 1.64. The number of benzene rings is 1. The third-order valence-corrected chi connectivity index (χ3v) is 2.29. The van der Waals surface area contributed by atoms with Crippen molar-refractivity contribution in [2.75, 3.05) is 12.5 Å². The highest BCUT2D eigenvalue weighted by Gasteiger charge is 1.94. The topological polar surface area (TPSA) is 29.4 Å². The molecule has 0 fully saturated rings. The number of rotatable bonds is 2. The molecule has 0 amide bonds. The van der Waals surface area contributed by atoms with Gasteiger partial charge >= 0.3 is 0 Å². The zero-order valence-corrected chi connectivity index (χ0v) is 11.1. The first-order valence-corrected chi connectivity index (χ1v) is 7.60. The summed E-state index contributed by atoms with van der Waals surface area (Å²) < 4.78 is 15.5. The normalized spacial score (nSPS) is 10.2. The highest BCUT2D eigenvalue weighted by molar-refractivity contribution is 7.92.